The van der Waals surface area contributed by atoms with Gasteiger partial charge >= 0.3 is 0 Å². The highest BCUT2D eigenvalue weighted by Gasteiger charge is 2.11. The van der Waals surface area contributed by atoms with Gasteiger partial charge in [-0.05, 0) is 42.2 Å². The van der Waals surface area contributed by atoms with Crippen molar-refractivity contribution < 1.29 is 0 Å². The van der Waals surface area contributed by atoms with Gasteiger partial charge in [-0.3, -0.25) is 0 Å². The summed E-state index contributed by atoms with van der Waals surface area (Å²) < 4.78 is 0. The molecule has 1 rings (SSSR count). The van der Waals surface area contributed by atoms with Gasteiger partial charge in [-0.2, -0.15) is 0 Å². The lowest BCUT2D eigenvalue weighted by molar-refractivity contribution is 0.450. The molecule has 0 fully saturated rings. The van der Waals surface area contributed by atoms with E-state index in [1.54, 1.807) is 10.4 Å². The van der Waals surface area contributed by atoms with Gasteiger partial charge in [0.25, 0.3) is 0 Å². The second kappa shape index (κ2) is 10.5. The normalized spacial score (nSPS) is 12.8. The molecule has 0 nitrogen and oxygen atoms in total. The lowest BCUT2D eigenvalue weighted by atomic mass is 9.93. The van der Waals surface area contributed by atoms with Crippen molar-refractivity contribution in [3.63, 3.8) is 0 Å². The fourth-order valence-corrected chi connectivity index (χ4v) is 3.77. The summed E-state index contributed by atoms with van der Waals surface area (Å²) in [5.41, 5.74) is 1.65. The Labute approximate surface area is 124 Å². The van der Waals surface area contributed by atoms with Gasteiger partial charge in [-0.25, -0.2) is 0 Å². The van der Waals surface area contributed by atoms with E-state index in [9.17, 15) is 0 Å². The second-order valence-electron chi connectivity index (χ2n) is 5.80. The van der Waals surface area contributed by atoms with Crippen LogP contribution in [0.3, 0.4) is 0 Å². The standard InChI is InChI=1S/C18H32S/c1-4-7-9-10-12-17-13-14-19-18(17)15-16(6-3)11-8-5-2/h13-14,16H,4-12,15H2,1-3H3. The number of unbranched alkanes of at least 4 members (excludes halogenated alkanes) is 4. The first-order valence-electron chi connectivity index (χ1n) is 8.37. The first-order chi connectivity index (χ1) is 9.31. The highest BCUT2D eigenvalue weighted by atomic mass is 32.1. The van der Waals surface area contributed by atoms with Crippen LogP contribution in [0.15, 0.2) is 11.4 Å². The number of aryl methyl sites for hydroxylation is 1. The van der Waals surface area contributed by atoms with E-state index < -0.39 is 0 Å². The predicted molar refractivity (Wildman–Crippen MR) is 89.2 cm³/mol. The average molecular weight is 281 g/mol. The molecule has 0 aromatic carbocycles. The average Bonchev–Trinajstić information content (AvgIpc) is 2.87. The zero-order valence-corrected chi connectivity index (χ0v) is 14.0. The number of thiophene rings is 1. The van der Waals surface area contributed by atoms with Crippen LogP contribution in [0.2, 0.25) is 0 Å². The summed E-state index contributed by atoms with van der Waals surface area (Å²) >= 11 is 1.99. The minimum absolute atomic E-state index is 0.910. The molecule has 110 valence electrons. The van der Waals surface area contributed by atoms with Crippen molar-refractivity contribution in [1.29, 1.82) is 0 Å². The molecule has 1 aromatic rings. The number of rotatable bonds is 11. The van der Waals surface area contributed by atoms with Crippen LogP contribution < -0.4 is 0 Å². The van der Waals surface area contributed by atoms with Gasteiger partial charge < -0.3 is 0 Å². The van der Waals surface area contributed by atoms with Crippen molar-refractivity contribution >= 4 is 11.3 Å². The van der Waals surface area contributed by atoms with Crippen LogP contribution >= 0.6 is 11.3 Å². The van der Waals surface area contributed by atoms with E-state index in [2.05, 4.69) is 32.2 Å². The molecule has 0 bridgehead atoms. The molecule has 0 amide bonds. The third kappa shape index (κ3) is 6.61. The Bertz CT molecular complexity index is 313. The molecule has 0 spiro atoms. The molecule has 1 heteroatoms. The summed E-state index contributed by atoms with van der Waals surface area (Å²) in [6, 6.07) is 2.37. The zero-order valence-electron chi connectivity index (χ0n) is 13.2. The van der Waals surface area contributed by atoms with E-state index in [0.29, 0.717) is 0 Å². The van der Waals surface area contributed by atoms with Crippen LogP contribution in [0.5, 0.6) is 0 Å². The summed E-state index contributed by atoms with van der Waals surface area (Å²) in [6.45, 7) is 6.95. The smallest absolute Gasteiger partial charge is 0.00799 e. The Balaban J connectivity index is 2.41. The molecule has 0 saturated carbocycles. The Morgan fingerprint density at radius 1 is 1.00 bits per heavy atom. The summed E-state index contributed by atoms with van der Waals surface area (Å²) in [7, 11) is 0. The van der Waals surface area contributed by atoms with Gasteiger partial charge in [-0.15, -0.1) is 11.3 Å². The lowest BCUT2D eigenvalue weighted by Gasteiger charge is -2.14. The van der Waals surface area contributed by atoms with E-state index in [-0.39, 0.29) is 0 Å². The fourth-order valence-electron chi connectivity index (χ4n) is 2.72. The molecule has 1 atom stereocenters. The van der Waals surface area contributed by atoms with Gasteiger partial charge in [0.2, 0.25) is 0 Å². The number of hydrogen-bond donors (Lipinski definition) is 0. The summed E-state index contributed by atoms with van der Waals surface area (Å²) in [6.07, 6.45) is 13.6. The highest BCUT2D eigenvalue weighted by molar-refractivity contribution is 7.10. The molecule has 0 saturated heterocycles. The third-order valence-electron chi connectivity index (χ3n) is 4.15. The monoisotopic (exact) mass is 280 g/mol. The maximum absolute atomic E-state index is 2.37. The SMILES string of the molecule is CCCCCCc1ccsc1CC(CC)CCCC. The van der Waals surface area contributed by atoms with Crippen LogP contribution in [-0.2, 0) is 12.8 Å². The van der Waals surface area contributed by atoms with Crippen LogP contribution in [-0.4, -0.2) is 0 Å². The molecule has 1 heterocycles. The maximum Gasteiger partial charge on any atom is 0.00799 e. The van der Waals surface area contributed by atoms with Gasteiger partial charge in [0, 0.05) is 4.88 Å². The second-order valence-corrected chi connectivity index (χ2v) is 6.80. The predicted octanol–water partition coefficient (Wildman–Crippen LogP) is 6.63. The molecule has 0 aliphatic rings. The topological polar surface area (TPSA) is 0 Å². The van der Waals surface area contributed by atoms with E-state index in [1.165, 1.54) is 64.2 Å². The highest BCUT2D eigenvalue weighted by Crippen LogP contribution is 2.26. The minimum Gasteiger partial charge on any atom is -0.149 e. The van der Waals surface area contributed by atoms with E-state index >= 15 is 0 Å². The molecular formula is C18H32S. The van der Waals surface area contributed by atoms with Crippen molar-refractivity contribution in [2.45, 2.75) is 85.0 Å². The molecule has 0 aliphatic heterocycles. The molecular weight excluding hydrogens is 248 g/mol. The summed E-state index contributed by atoms with van der Waals surface area (Å²) in [5, 5.41) is 2.30. The van der Waals surface area contributed by atoms with Crippen LogP contribution in [0.4, 0.5) is 0 Å². The minimum atomic E-state index is 0.910. The van der Waals surface area contributed by atoms with E-state index in [4.69, 9.17) is 0 Å². The maximum atomic E-state index is 2.37. The van der Waals surface area contributed by atoms with Crippen LogP contribution in [0.25, 0.3) is 0 Å². The Morgan fingerprint density at radius 3 is 2.47 bits per heavy atom. The first-order valence-corrected chi connectivity index (χ1v) is 9.24. The molecule has 0 aliphatic carbocycles. The van der Waals surface area contributed by atoms with Gasteiger partial charge in [0.15, 0.2) is 0 Å². The first kappa shape index (κ1) is 16.8. The third-order valence-corrected chi connectivity index (χ3v) is 5.14. The van der Waals surface area contributed by atoms with E-state index in [1.807, 2.05) is 11.3 Å². The van der Waals surface area contributed by atoms with E-state index in [0.717, 1.165) is 5.92 Å². The Hall–Kier alpha value is -0.300. The molecule has 0 radical (unpaired) electrons. The molecule has 19 heavy (non-hydrogen) atoms. The van der Waals surface area contributed by atoms with Crippen molar-refractivity contribution in [2.24, 2.45) is 5.92 Å². The quantitative estimate of drug-likeness (QED) is 0.399. The van der Waals surface area contributed by atoms with Crippen molar-refractivity contribution in [2.75, 3.05) is 0 Å². The fraction of sp³-hybridized carbons (Fsp3) is 0.778. The van der Waals surface area contributed by atoms with Gasteiger partial charge in [0.1, 0.15) is 0 Å². The van der Waals surface area contributed by atoms with Gasteiger partial charge in [-0.1, -0.05) is 65.7 Å². The summed E-state index contributed by atoms with van der Waals surface area (Å²) in [5.74, 6) is 0.910. The van der Waals surface area contributed by atoms with Crippen molar-refractivity contribution in [1.82, 2.24) is 0 Å². The Morgan fingerprint density at radius 2 is 1.79 bits per heavy atom. The van der Waals surface area contributed by atoms with Crippen LogP contribution in [0.1, 0.15) is 82.6 Å². The Kier molecular flexibility index (Phi) is 9.24. The lowest BCUT2D eigenvalue weighted by Crippen LogP contribution is -2.04. The van der Waals surface area contributed by atoms with Gasteiger partial charge in [0.05, 0.1) is 0 Å². The van der Waals surface area contributed by atoms with Crippen molar-refractivity contribution in [3.8, 4) is 0 Å². The van der Waals surface area contributed by atoms with Crippen LogP contribution in [0, 0.1) is 5.92 Å². The molecule has 1 aromatic heterocycles. The van der Waals surface area contributed by atoms with Crippen molar-refractivity contribution in [3.05, 3.63) is 21.9 Å². The number of hydrogen-bond acceptors (Lipinski definition) is 1. The largest absolute Gasteiger partial charge is 0.149 e. The summed E-state index contributed by atoms with van der Waals surface area (Å²) in [4.78, 5) is 1.68. The molecule has 1 unspecified atom stereocenters. The zero-order chi connectivity index (χ0) is 13.9. The molecule has 0 N–H and O–H groups in total.